The van der Waals surface area contributed by atoms with Gasteiger partial charge in [-0.1, -0.05) is 0 Å². The molecule has 0 aliphatic heterocycles. The Morgan fingerprint density at radius 3 is 2.91 bits per heavy atom. The molecule has 1 heterocycles. The molecule has 1 rings (SSSR count). The van der Waals surface area contributed by atoms with E-state index < -0.39 is 12.0 Å². The van der Waals surface area contributed by atoms with Crippen molar-refractivity contribution in [1.29, 1.82) is 0 Å². The largest absolute Gasteiger partial charge is 0.480 e. The normalized spacial score (nSPS) is 12.5. The molecule has 1 aromatic rings. The molecule has 0 fully saturated rings. The van der Waals surface area contributed by atoms with E-state index in [9.17, 15) is 4.79 Å². The van der Waals surface area contributed by atoms with E-state index in [0.29, 0.717) is 0 Å². The first-order chi connectivity index (χ1) is 5.22. The van der Waals surface area contributed by atoms with Gasteiger partial charge in [-0.2, -0.15) is 10.2 Å². The highest BCUT2D eigenvalue weighted by Crippen LogP contribution is 2.03. The van der Waals surface area contributed by atoms with Crippen LogP contribution in [-0.4, -0.2) is 21.3 Å². The Kier molecular flexibility index (Phi) is 2.12. The molecule has 1 unspecified atom stereocenters. The molecule has 58 valence electrons. The summed E-state index contributed by atoms with van der Waals surface area (Å²) in [5, 5.41) is 15.5. The zero-order valence-electron chi connectivity index (χ0n) is 5.64. The molecule has 0 amide bonds. The first-order valence-electron chi connectivity index (χ1n) is 2.98. The topological polar surface area (TPSA) is 89.1 Å². The Morgan fingerprint density at radius 2 is 2.45 bits per heavy atom. The van der Waals surface area contributed by atoms with Gasteiger partial charge in [0, 0.05) is 6.20 Å². The average Bonchev–Trinajstić information content (AvgIpc) is 2.05. The van der Waals surface area contributed by atoms with Crippen LogP contribution >= 0.6 is 0 Å². The maximum atomic E-state index is 10.3. The van der Waals surface area contributed by atoms with Crippen LogP contribution in [0.1, 0.15) is 11.7 Å². The molecule has 0 spiro atoms. The van der Waals surface area contributed by atoms with Crippen LogP contribution in [-0.2, 0) is 4.79 Å². The van der Waals surface area contributed by atoms with E-state index in [4.69, 9.17) is 10.8 Å². The second kappa shape index (κ2) is 3.07. The zero-order valence-corrected chi connectivity index (χ0v) is 5.64. The van der Waals surface area contributed by atoms with Crippen molar-refractivity contribution in [2.75, 3.05) is 0 Å². The van der Waals surface area contributed by atoms with Crippen molar-refractivity contribution >= 4 is 5.97 Å². The monoisotopic (exact) mass is 153 g/mol. The van der Waals surface area contributed by atoms with E-state index in [0.717, 1.165) is 0 Å². The molecule has 0 bridgehead atoms. The Morgan fingerprint density at radius 1 is 1.73 bits per heavy atom. The Hall–Kier alpha value is -1.49. The maximum absolute atomic E-state index is 10.3. The number of hydrogen-bond acceptors (Lipinski definition) is 4. The maximum Gasteiger partial charge on any atom is 0.326 e. The molecule has 0 aliphatic rings. The number of hydrogen-bond donors (Lipinski definition) is 2. The minimum absolute atomic E-state index is 0.264. The molecule has 1 aromatic heterocycles. The number of carboxylic acids is 1. The van der Waals surface area contributed by atoms with Gasteiger partial charge in [-0.3, -0.25) is 4.79 Å². The van der Waals surface area contributed by atoms with Crippen molar-refractivity contribution in [3.8, 4) is 0 Å². The molecule has 0 radical (unpaired) electrons. The van der Waals surface area contributed by atoms with Gasteiger partial charge in [0.15, 0.2) is 0 Å². The number of rotatable bonds is 2. The lowest BCUT2D eigenvalue weighted by atomic mass is 10.2. The van der Waals surface area contributed by atoms with Crippen molar-refractivity contribution in [3.63, 3.8) is 0 Å². The third kappa shape index (κ3) is 1.71. The van der Waals surface area contributed by atoms with Crippen molar-refractivity contribution < 1.29 is 9.90 Å². The van der Waals surface area contributed by atoms with E-state index in [1.165, 1.54) is 12.3 Å². The van der Waals surface area contributed by atoms with Crippen LogP contribution in [0.2, 0.25) is 0 Å². The molecule has 1 atom stereocenters. The fourth-order valence-corrected chi connectivity index (χ4v) is 0.606. The number of nitrogens with zero attached hydrogens (tertiary/aromatic N) is 2. The van der Waals surface area contributed by atoms with Gasteiger partial charge in [0.05, 0.1) is 5.69 Å². The number of nitrogens with two attached hydrogens (primary N) is 1. The number of aromatic nitrogens is 2. The van der Waals surface area contributed by atoms with Gasteiger partial charge < -0.3 is 10.8 Å². The van der Waals surface area contributed by atoms with Gasteiger partial charge in [-0.15, -0.1) is 0 Å². The van der Waals surface area contributed by atoms with Gasteiger partial charge in [0.2, 0.25) is 0 Å². The highest BCUT2D eigenvalue weighted by molar-refractivity contribution is 5.74. The lowest BCUT2D eigenvalue weighted by molar-refractivity contribution is -0.138. The quantitative estimate of drug-likeness (QED) is 0.601. The summed E-state index contributed by atoms with van der Waals surface area (Å²) in [5.41, 5.74) is 5.50. The van der Waals surface area contributed by atoms with Gasteiger partial charge in [0.25, 0.3) is 0 Å². The Balaban J connectivity index is 2.85. The lowest BCUT2D eigenvalue weighted by Gasteiger charge is -2.02. The van der Waals surface area contributed by atoms with Crippen LogP contribution in [0.15, 0.2) is 18.3 Å². The summed E-state index contributed by atoms with van der Waals surface area (Å²) in [6.45, 7) is 0. The minimum atomic E-state index is -1.11. The van der Waals surface area contributed by atoms with E-state index in [2.05, 4.69) is 10.2 Å². The highest BCUT2D eigenvalue weighted by atomic mass is 16.4. The molecular weight excluding hydrogens is 146 g/mol. The molecule has 0 aromatic carbocycles. The van der Waals surface area contributed by atoms with Crippen LogP contribution in [0.5, 0.6) is 0 Å². The predicted molar refractivity (Wildman–Crippen MR) is 36.6 cm³/mol. The van der Waals surface area contributed by atoms with Crippen LogP contribution in [0, 0.1) is 0 Å². The van der Waals surface area contributed by atoms with E-state index in [1.807, 2.05) is 0 Å². The predicted octanol–water partition coefficient (Wildman–Crippen LogP) is -0.439. The fourth-order valence-electron chi connectivity index (χ4n) is 0.606. The van der Waals surface area contributed by atoms with Crippen molar-refractivity contribution in [3.05, 3.63) is 24.0 Å². The summed E-state index contributed by atoms with van der Waals surface area (Å²) >= 11 is 0. The second-order valence-corrected chi connectivity index (χ2v) is 1.96. The molecule has 5 nitrogen and oxygen atoms in total. The molecule has 5 heteroatoms. The molecule has 0 saturated carbocycles. The van der Waals surface area contributed by atoms with Crippen molar-refractivity contribution in [2.45, 2.75) is 6.04 Å². The Labute approximate surface area is 62.9 Å². The van der Waals surface area contributed by atoms with E-state index in [1.54, 1.807) is 6.07 Å². The minimum Gasteiger partial charge on any atom is -0.480 e. The summed E-state index contributed by atoms with van der Waals surface area (Å²) in [5.74, 6) is -1.11. The SMILES string of the molecule is NC(C(=O)O)c1cccnn1. The summed E-state index contributed by atoms with van der Waals surface area (Å²) in [6.07, 6.45) is 1.46. The molecule has 3 N–H and O–H groups in total. The molecule has 11 heavy (non-hydrogen) atoms. The Bertz CT molecular complexity index is 249. The van der Waals surface area contributed by atoms with Crippen molar-refractivity contribution in [1.82, 2.24) is 10.2 Å². The summed E-state index contributed by atoms with van der Waals surface area (Å²) in [7, 11) is 0. The summed E-state index contributed by atoms with van der Waals surface area (Å²) in [4.78, 5) is 10.3. The molecule has 0 saturated heterocycles. The summed E-state index contributed by atoms with van der Waals surface area (Å²) < 4.78 is 0. The van der Waals surface area contributed by atoms with Gasteiger partial charge in [0.1, 0.15) is 6.04 Å². The summed E-state index contributed by atoms with van der Waals surface area (Å²) in [6, 6.07) is 2.03. The first-order valence-corrected chi connectivity index (χ1v) is 2.98. The number of carboxylic acid groups (broad SMARTS) is 1. The van der Waals surface area contributed by atoms with E-state index in [-0.39, 0.29) is 5.69 Å². The average molecular weight is 153 g/mol. The third-order valence-corrected chi connectivity index (χ3v) is 1.18. The lowest BCUT2D eigenvalue weighted by Crippen LogP contribution is -2.21. The van der Waals surface area contributed by atoms with Crippen LogP contribution in [0.25, 0.3) is 0 Å². The highest BCUT2D eigenvalue weighted by Gasteiger charge is 2.14. The fraction of sp³-hybridized carbons (Fsp3) is 0.167. The van der Waals surface area contributed by atoms with Crippen LogP contribution < -0.4 is 5.73 Å². The van der Waals surface area contributed by atoms with Gasteiger partial charge in [-0.25, -0.2) is 0 Å². The number of aliphatic carboxylic acids is 1. The first kappa shape index (κ1) is 7.62. The smallest absolute Gasteiger partial charge is 0.326 e. The molecule has 0 aliphatic carbocycles. The van der Waals surface area contributed by atoms with E-state index >= 15 is 0 Å². The third-order valence-electron chi connectivity index (χ3n) is 1.18. The second-order valence-electron chi connectivity index (χ2n) is 1.96. The number of carbonyl (C=O) groups is 1. The zero-order chi connectivity index (χ0) is 8.27. The molecular formula is C6H7N3O2. The van der Waals surface area contributed by atoms with Gasteiger partial charge >= 0.3 is 5.97 Å². The van der Waals surface area contributed by atoms with Gasteiger partial charge in [-0.05, 0) is 12.1 Å². The van der Waals surface area contributed by atoms with Crippen LogP contribution in [0.4, 0.5) is 0 Å². The standard InChI is InChI=1S/C6H7N3O2/c7-5(6(10)11)4-2-1-3-8-9-4/h1-3,5H,7H2,(H,10,11). The van der Waals surface area contributed by atoms with Crippen LogP contribution in [0.3, 0.4) is 0 Å². The van der Waals surface area contributed by atoms with Crippen molar-refractivity contribution in [2.24, 2.45) is 5.73 Å².